The van der Waals surface area contributed by atoms with Gasteiger partial charge in [-0.3, -0.25) is 4.98 Å². The number of anilines is 1. The molecule has 0 saturated carbocycles. The molecule has 140 valence electrons. The number of amides is 1. The predicted octanol–water partition coefficient (Wildman–Crippen LogP) is 4.38. The molecule has 1 aromatic carbocycles. The second-order valence-corrected chi connectivity index (χ2v) is 8.11. The molecule has 0 unspecified atom stereocenters. The Balaban J connectivity index is 1.70. The molecule has 1 saturated heterocycles. The zero-order valence-electron chi connectivity index (χ0n) is 16.5. The summed E-state index contributed by atoms with van der Waals surface area (Å²) in [5.74, 6) is 0. The van der Waals surface area contributed by atoms with Crippen LogP contribution in [0.15, 0.2) is 30.5 Å². The Morgan fingerprint density at radius 3 is 2.58 bits per heavy atom. The van der Waals surface area contributed by atoms with Gasteiger partial charge in [-0.05, 0) is 52.2 Å². The molecule has 5 nitrogen and oxygen atoms in total. The molecule has 2 heterocycles. The maximum absolute atomic E-state index is 12.3. The summed E-state index contributed by atoms with van der Waals surface area (Å²) in [5.41, 5.74) is 3.04. The molecule has 0 atom stereocenters. The third-order valence-electron chi connectivity index (χ3n) is 4.98. The third-order valence-corrected chi connectivity index (χ3v) is 4.98. The highest BCUT2D eigenvalue weighted by molar-refractivity contribution is 5.93. The molecule has 1 aliphatic rings. The molecule has 0 bridgehead atoms. The number of fused-ring (bicyclic) bond motifs is 1. The average molecular weight is 355 g/mol. The number of carbonyl (C=O) groups excluding carboxylic acids is 1. The van der Waals surface area contributed by atoms with Gasteiger partial charge in [-0.2, -0.15) is 0 Å². The van der Waals surface area contributed by atoms with Gasteiger partial charge in [0.05, 0.1) is 5.52 Å². The number of nitrogens with zero attached hydrogens (tertiary/aromatic N) is 3. The Morgan fingerprint density at radius 1 is 1.23 bits per heavy atom. The van der Waals surface area contributed by atoms with Crippen LogP contribution in [0.2, 0.25) is 0 Å². The van der Waals surface area contributed by atoms with Crippen molar-refractivity contribution in [1.82, 2.24) is 9.88 Å². The molecule has 1 fully saturated rings. The van der Waals surface area contributed by atoms with Crippen LogP contribution in [0.4, 0.5) is 10.5 Å². The van der Waals surface area contributed by atoms with Crippen molar-refractivity contribution < 1.29 is 9.53 Å². The van der Waals surface area contributed by atoms with Crippen LogP contribution in [0.1, 0.15) is 39.2 Å². The molecule has 5 heteroatoms. The van der Waals surface area contributed by atoms with Crippen molar-refractivity contribution >= 4 is 22.7 Å². The number of aromatic nitrogens is 1. The zero-order valence-corrected chi connectivity index (χ0v) is 16.5. The van der Waals surface area contributed by atoms with Crippen LogP contribution in [-0.4, -0.2) is 47.8 Å². The highest BCUT2D eigenvalue weighted by Gasteiger charge is 2.29. The van der Waals surface area contributed by atoms with Gasteiger partial charge in [0.15, 0.2) is 0 Å². The van der Waals surface area contributed by atoms with E-state index in [4.69, 9.17) is 4.74 Å². The lowest BCUT2D eigenvalue weighted by molar-refractivity contribution is 0.0201. The number of benzene rings is 1. The van der Waals surface area contributed by atoms with E-state index in [2.05, 4.69) is 41.1 Å². The van der Waals surface area contributed by atoms with Gasteiger partial charge in [-0.1, -0.05) is 18.2 Å². The summed E-state index contributed by atoms with van der Waals surface area (Å²) < 4.78 is 5.50. The number of aryl methyl sites for hydroxylation is 1. The van der Waals surface area contributed by atoms with Crippen LogP contribution < -0.4 is 4.90 Å². The molecule has 0 radical (unpaired) electrons. The van der Waals surface area contributed by atoms with Gasteiger partial charge in [0.2, 0.25) is 0 Å². The van der Waals surface area contributed by atoms with E-state index in [0.717, 1.165) is 31.4 Å². The van der Waals surface area contributed by atoms with E-state index in [9.17, 15) is 4.79 Å². The normalized spacial score (nSPS) is 16.0. The lowest BCUT2D eigenvalue weighted by Crippen LogP contribution is -2.47. The van der Waals surface area contributed by atoms with Crippen LogP contribution in [0.5, 0.6) is 0 Å². The second-order valence-electron chi connectivity index (χ2n) is 8.11. The van der Waals surface area contributed by atoms with Crippen molar-refractivity contribution in [1.29, 1.82) is 0 Å². The van der Waals surface area contributed by atoms with E-state index in [1.165, 1.54) is 16.6 Å². The Morgan fingerprint density at radius 2 is 1.92 bits per heavy atom. The molecule has 0 spiro atoms. The SMILES string of the molecule is Cc1cccc2c(N3CCC(N(C)C(=O)OC(C)(C)C)CC3)ccnc12. The number of para-hydroxylation sites is 1. The van der Waals surface area contributed by atoms with E-state index in [1.807, 2.05) is 34.0 Å². The summed E-state index contributed by atoms with van der Waals surface area (Å²) in [5, 5.41) is 1.20. The highest BCUT2D eigenvalue weighted by Crippen LogP contribution is 2.30. The molecule has 26 heavy (non-hydrogen) atoms. The first-order valence-corrected chi connectivity index (χ1v) is 9.31. The summed E-state index contributed by atoms with van der Waals surface area (Å²) in [6.45, 7) is 9.64. The van der Waals surface area contributed by atoms with Gasteiger partial charge >= 0.3 is 6.09 Å². The largest absolute Gasteiger partial charge is 0.444 e. The Labute approximate surface area is 156 Å². The molecule has 0 N–H and O–H groups in total. The first-order valence-electron chi connectivity index (χ1n) is 9.31. The van der Waals surface area contributed by atoms with Crippen LogP contribution >= 0.6 is 0 Å². The van der Waals surface area contributed by atoms with Crippen molar-refractivity contribution in [2.75, 3.05) is 25.0 Å². The second kappa shape index (κ2) is 7.14. The number of hydrogen-bond donors (Lipinski definition) is 0. The van der Waals surface area contributed by atoms with Crippen molar-refractivity contribution in [2.45, 2.75) is 52.2 Å². The van der Waals surface area contributed by atoms with E-state index in [0.29, 0.717) is 0 Å². The van der Waals surface area contributed by atoms with Crippen molar-refractivity contribution in [3.8, 4) is 0 Å². The van der Waals surface area contributed by atoms with Crippen LogP contribution in [0, 0.1) is 6.92 Å². The summed E-state index contributed by atoms with van der Waals surface area (Å²) in [6, 6.07) is 8.65. The fraction of sp³-hybridized carbons (Fsp3) is 0.524. The van der Waals surface area contributed by atoms with E-state index in [-0.39, 0.29) is 12.1 Å². The quantitative estimate of drug-likeness (QED) is 0.802. The monoisotopic (exact) mass is 355 g/mol. The number of hydrogen-bond acceptors (Lipinski definition) is 4. The molecular formula is C21H29N3O2. The lowest BCUT2D eigenvalue weighted by Gasteiger charge is -2.38. The van der Waals surface area contributed by atoms with Crippen LogP contribution in [-0.2, 0) is 4.74 Å². The Kier molecular flexibility index (Phi) is 5.08. The van der Waals surface area contributed by atoms with Gasteiger partial charge in [-0.15, -0.1) is 0 Å². The summed E-state index contributed by atoms with van der Waals surface area (Å²) >= 11 is 0. The summed E-state index contributed by atoms with van der Waals surface area (Å²) in [7, 11) is 1.85. The minimum absolute atomic E-state index is 0.218. The van der Waals surface area contributed by atoms with Gasteiger partial charge < -0.3 is 14.5 Å². The molecule has 2 aromatic rings. The van der Waals surface area contributed by atoms with Crippen molar-refractivity contribution in [3.63, 3.8) is 0 Å². The molecule has 0 aliphatic carbocycles. The Hall–Kier alpha value is -2.30. The van der Waals surface area contributed by atoms with Crippen LogP contribution in [0.25, 0.3) is 10.9 Å². The van der Waals surface area contributed by atoms with E-state index < -0.39 is 5.60 Å². The minimum Gasteiger partial charge on any atom is -0.444 e. The Bertz CT molecular complexity index is 789. The predicted molar refractivity (Wildman–Crippen MR) is 106 cm³/mol. The summed E-state index contributed by atoms with van der Waals surface area (Å²) in [4.78, 5) is 21.0. The summed E-state index contributed by atoms with van der Waals surface area (Å²) in [6.07, 6.45) is 3.53. The number of carbonyl (C=O) groups is 1. The van der Waals surface area contributed by atoms with E-state index in [1.54, 1.807) is 4.90 Å². The molecule has 1 aromatic heterocycles. The van der Waals surface area contributed by atoms with E-state index >= 15 is 0 Å². The number of pyridine rings is 1. The topological polar surface area (TPSA) is 45.7 Å². The minimum atomic E-state index is -0.458. The third kappa shape index (κ3) is 3.92. The standard InChI is InChI=1S/C21H29N3O2/c1-15-7-6-8-17-18(9-12-22-19(15)17)24-13-10-16(11-14-24)23(5)20(25)26-21(2,3)4/h6-9,12,16H,10-11,13-14H2,1-5H3. The smallest absolute Gasteiger partial charge is 0.410 e. The van der Waals surface area contributed by atoms with Gasteiger partial charge in [-0.25, -0.2) is 4.79 Å². The fourth-order valence-electron chi connectivity index (χ4n) is 3.56. The fourth-order valence-corrected chi connectivity index (χ4v) is 3.56. The number of ether oxygens (including phenoxy) is 1. The van der Waals surface area contributed by atoms with Crippen molar-refractivity contribution in [3.05, 3.63) is 36.0 Å². The number of rotatable bonds is 2. The highest BCUT2D eigenvalue weighted by atomic mass is 16.6. The molecule has 1 aliphatic heterocycles. The number of piperidine rings is 1. The van der Waals surface area contributed by atoms with Gasteiger partial charge in [0.1, 0.15) is 5.60 Å². The van der Waals surface area contributed by atoms with Gasteiger partial charge in [0.25, 0.3) is 0 Å². The molecule has 3 rings (SSSR count). The first kappa shape index (κ1) is 18.5. The van der Waals surface area contributed by atoms with Crippen molar-refractivity contribution in [2.24, 2.45) is 0 Å². The maximum atomic E-state index is 12.3. The zero-order chi connectivity index (χ0) is 18.9. The molecule has 1 amide bonds. The average Bonchev–Trinajstić information content (AvgIpc) is 2.60. The van der Waals surface area contributed by atoms with Crippen LogP contribution in [0.3, 0.4) is 0 Å². The maximum Gasteiger partial charge on any atom is 0.410 e. The van der Waals surface area contributed by atoms with Gasteiger partial charge in [0, 0.05) is 43.4 Å². The lowest BCUT2D eigenvalue weighted by atomic mass is 10.0. The molecular weight excluding hydrogens is 326 g/mol. The first-order chi connectivity index (χ1) is 12.3.